The number of hydrogen-bond acceptors (Lipinski definition) is 4. The third-order valence-electron chi connectivity index (χ3n) is 6.25. The highest BCUT2D eigenvalue weighted by atomic mass is 32.2. The molecule has 0 aromatic heterocycles. The topological polar surface area (TPSA) is 86.8 Å². The third-order valence-corrected chi connectivity index (χ3v) is 8.14. The largest absolute Gasteiger partial charge is 0.345 e. The van der Waals surface area contributed by atoms with Crippen LogP contribution in [-0.2, 0) is 21.2 Å². The van der Waals surface area contributed by atoms with Crippen LogP contribution < -0.4 is 5.32 Å². The average Bonchev–Trinajstić information content (AvgIpc) is 2.83. The van der Waals surface area contributed by atoms with Gasteiger partial charge in [0.15, 0.2) is 0 Å². The monoisotopic (exact) mass is 485 g/mol. The Bertz CT molecular complexity index is 1110. The number of carbonyl (C=O) groups is 2. The molecule has 7 nitrogen and oxygen atoms in total. The van der Waals surface area contributed by atoms with Crippen molar-refractivity contribution in [2.24, 2.45) is 5.92 Å². The number of amides is 2. The molecule has 34 heavy (non-hydrogen) atoms. The predicted molar refractivity (Wildman–Crippen MR) is 133 cm³/mol. The average molecular weight is 486 g/mol. The summed E-state index contributed by atoms with van der Waals surface area (Å²) < 4.78 is 27.7. The van der Waals surface area contributed by atoms with Crippen molar-refractivity contribution in [1.82, 2.24) is 14.5 Å². The fraction of sp³-hybridized carbons (Fsp3) is 0.462. The maximum atomic E-state index is 13.2. The van der Waals surface area contributed by atoms with E-state index in [1.165, 1.54) is 28.9 Å². The first-order valence-corrected chi connectivity index (χ1v) is 13.3. The fourth-order valence-corrected chi connectivity index (χ4v) is 5.70. The van der Waals surface area contributed by atoms with Crippen molar-refractivity contribution in [3.63, 3.8) is 0 Å². The molecule has 1 fully saturated rings. The van der Waals surface area contributed by atoms with Crippen LogP contribution in [0.3, 0.4) is 0 Å². The number of benzene rings is 2. The molecule has 8 heteroatoms. The van der Waals surface area contributed by atoms with E-state index in [2.05, 4.69) is 36.5 Å². The molecule has 0 radical (unpaired) electrons. The molecule has 184 valence electrons. The van der Waals surface area contributed by atoms with Crippen molar-refractivity contribution in [2.45, 2.75) is 51.5 Å². The molecule has 1 aliphatic heterocycles. The number of nitrogens with one attached hydrogen (secondary N) is 1. The lowest BCUT2D eigenvalue weighted by atomic mass is 9.94. The van der Waals surface area contributed by atoms with E-state index >= 15 is 0 Å². The van der Waals surface area contributed by atoms with Crippen molar-refractivity contribution in [1.29, 1.82) is 0 Å². The standard InChI is InChI=1S/C26H35N3O4S/c1-5-7-21-10-12-22(13-11-21)25(19(2)3)27-26(31)23-8-6-9-24(18-23)34(32,33)29-16-14-28(15-17-29)20(4)30/h6,8-13,18-19,25H,5,7,14-17H2,1-4H3,(H,27,31). The summed E-state index contributed by atoms with van der Waals surface area (Å²) in [5.74, 6) is -0.212. The summed E-state index contributed by atoms with van der Waals surface area (Å²) in [5.41, 5.74) is 2.59. The smallest absolute Gasteiger partial charge is 0.251 e. The lowest BCUT2D eigenvalue weighted by molar-refractivity contribution is -0.129. The zero-order chi connectivity index (χ0) is 24.9. The number of rotatable bonds is 8. The summed E-state index contributed by atoms with van der Waals surface area (Å²) in [7, 11) is -3.76. The Morgan fingerprint density at radius 1 is 1.00 bits per heavy atom. The van der Waals surface area contributed by atoms with E-state index in [-0.39, 0.29) is 41.8 Å². The number of aryl methyl sites for hydroxylation is 1. The summed E-state index contributed by atoms with van der Waals surface area (Å²) in [6.45, 7) is 8.92. The van der Waals surface area contributed by atoms with E-state index in [0.717, 1.165) is 18.4 Å². The lowest BCUT2D eigenvalue weighted by Crippen LogP contribution is -2.49. The van der Waals surface area contributed by atoms with Crippen LogP contribution in [0.25, 0.3) is 0 Å². The second-order valence-electron chi connectivity index (χ2n) is 9.12. The van der Waals surface area contributed by atoms with Crippen molar-refractivity contribution in [3.8, 4) is 0 Å². The first kappa shape index (κ1) is 25.9. The van der Waals surface area contributed by atoms with Crippen molar-refractivity contribution in [3.05, 3.63) is 65.2 Å². The maximum Gasteiger partial charge on any atom is 0.251 e. The minimum Gasteiger partial charge on any atom is -0.345 e. The summed E-state index contributed by atoms with van der Waals surface area (Å²) in [5, 5.41) is 3.09. The molecule has 1 saturated heterocycles. The summed E-state index contributed by atoms with van der Waals surface area (Å²) >= 11 is 0. The molecule has 1 unspecified atom stereocenters. The first-order chi connectivity index (χ1) is 16.1. The molecule has 1 aliphatic rings. The quantitative estimate of drug-likeness (QED) is 0.619. The number of sulfonamides is 1. The van der Waals surface area contributed by atoms with Crippen LogP contribution >= 0.6 is 0 Å². The van der Waals surface area contributed by atoms with Crippen LogP contribution in [0.2, 0.25) is 0 Å². The lowest BCUT2D eigenvalue weighted by Gasteiger charge is -2.33. The SMILES string of the molecule is CCCc1ccc(C(NC(=O)c2cccc(S(=O)(=O)N3CCN(C(C)=O)CC3)c2)C(C)C)cc1. The van der Waals surface area contributed by atoms with E-state index in [1.54, 1.807) is 17.0 Å². The number of nitrogens with zero attached hydrogens (tertiary/aromatic N) is 2. The molecule has 2 aromatic rings. The highest BCUT2D eigenvalue weighted by Crippen LogP contribution is 2.24. The predicted octanol–water partition coefficient (Wildman–Crippen LogP) is 3.62. The Balaban J connectivity index is 1.76. The summed E-state index contributed by atoms with van der Waals surface area (Å²) in [6.07, 6.45) is 2.10. The van der Waals surface area contributed by atoms with Gasteiger partial charge < -0.3 is 10.2 Å². The highest BCUT2D eigenvalue weighted by Gasteiger charge is 2.30. The van der Waals surface area contributed by atoms with E-state index in [0.29, 0.717) is 18.7 Å². The van der Waals surface area contributed by atoms with Crippen LogP contribution in [0.1, 0.15) is 61.6 Å². The molecular weight excluding hydrogens is 450 g/mol. The van der Waals surface area contributed by atoms with Gasteiger partial charge in [-0.2, -0.15) is 4.31 Å². The number of piperazine rings is 1. The molecule has 1 atom stereocenters. The van der Waals surface area contributed by atoms with Crippen molar-refractivity contribution in [2.75, 3.05) is 26.2 Å². The van der Waals surface area contributed by atoms with Gasteiger partial charge in [-0.3, -0.25) is 9.59 Å². The van der Waals surface area contributed by atoms with Crippen LogP contribution in [0.15, 0.2) is 53.4 Å². The fourth-order valence-electron chi connectivity index (χ4n) is 4.23. The Labute approximate surface area is 203 Å². The molecule has 0 aliphatic carbocycles. The summed E-state index contributed by atoms with van der Waals surface area (Å²) in [6, 6.07) is 14.3. The van der Waals surface area contributed by atoms with Gasteiger partial charge in [0.2, 0.25) is 15.9 Å². The van der Waals surface area contributed by atoms with Crippen molar-refractivity contribution < 1.29 is 18.0 Å². The molecule has 2 amide bonds. The van der Waals surface area contributed by atoms with Crippen LogP contribution in [0, 0.1) is 5.92 Å². The summed E-state index contributed by atoms with van der Waals surface area (Å²) in [4.78, 5) is 26.4. The van der Waals surface area contributed by atoms with Gasteiger partial charge in [0, 0.05) is 38.7 Å². The molecule has 0 bridgehead atoms. The Morgan fingerprint density at radius 3 is 2.21 bits per heavy atom. The van der Waals surface area contributed by atoms with Gasteiger partial charge >= 0.3 is 0 Å². The first-order valence-electron chi connectivity index (χ1n) is 11.9. The van der Waals surface area contributed by atoms with Gasteiger partial charge in [-0.15, -0.1) is 0 Å². The highest BCUT2D eigenvalue weighted by molar-refractivity contribution is 7.89. The molecule has 0 spiro atoms. The minimum atomic E-state index is -3.76. The van der Waals surface area contributed by atoms with E-state index in [1.807, 2.05) is 13.8 Å². The Hall–Kier alpha value is -2.71. The van der Waals surface area contributed by atoms with E-state index < -0.39 is 10.0 Å². The van der Waals surface area contributed by atoms with Gasteiger partial charge in [0.1, 0.15) is 0 Å². The molecule has 3 rings (SSSR count). The minimum absolute atomic E-state index is 0.0598. The van der Waals surface area contributed by atoms with Crippen LogP contribution in [-0.4, -0.2) is 55.6 Å². The van der Waals surface area contributed by atoms with Gasteiger partial charge in [-0.05, 0) is 41.7 Å². The van der Waals surface area contributed by atoms with Crippen LogP contribution in [0.5, 0.6) is 0 Å². The molecule has 0 saturated carbocycles. The van der Waals surface area contributed by atoms with E-state index in [4.69, 9.17) is 0 Å². The Morgan fingerprint density at radius 2 is 1.65 bits per heavy atom. The Kier molecular flexibility index (Phi) is 8.49. The van der Waals surface area contributed by atoms with Crippen LogP contribution in [0.4, 0.5) is 0 Å². The second kappa shape index (κ2) is 11.1. The third kappa shape index (κ3) is 6.04. The van der Waals surface area contributed by atoms with Gasteiger partial charge in [-0.25, -0.2) is 8.42 Å². The molecular formula is C26H35N3O4S. The maximum absolute atomic E-state index is 13.2. The normalized spacial score (nSPS) is 15.9. The zero-order valence-corrected chi connectivity index (χ0v) is 21.3. The molecule has 2 aromatic carbocycles. The van der Waals surface area contributed by atoms with Gasteiger partial charge in [0.25, 0.3) is 5.91 Å². The van der Waals surface area contributed by atoms with E-state index in [9.17, 15) is 18.0 Å². The number of carbonyl (C=O) groups excluding carboxylic acids is 2. The molecule has 1 N–H and O–H groups in total. The zero-order valence-electron chi connectivity index (χ0n) is 20.5. The van der Waals surface area contributed by atoms with Crippen molar-refractivity contribution >= 4 is 21.8 Å². The molecule has 1 heterocycles. The van der Waals surface area contributed by atoms with Gasteiger partial charge in [-0.1, -0.05) is 57.5 Å². The number of hydrogen-bond donors (Lipinski definition) is 1. The van der Waals surface area contributed by atoms with Gasteiger partial charge in [0.05, 0.1) is 10.9 Å². The second-order valence-corrected chi connectivity index (χ2v) is 11.1.